The van der Waals surface area contributed by atoms with Crippen LogP contribution in [0.5, 0.6) is 0 Å². The molecule has 1 aliphatic rings. The Bertz CT molecular complexity index is 769. The van der Waals surface area contributed by atoms with E-state index in [4.69, 9.17) is 0 Å². The Kier molecular flexibility index (Phi) is 4.57. The summed E-state index contributed by atoms with van der Waals surface area (Å²) in [4.78, 5) is 17.9. The fourth-order valence-electron chi connectivity index (χ4n) is 3.65. The summed E-state index contributed by atoms with van der Waals surface area (Å²) >= 11 is 0. The number of aromatic carboxylic acids is 1. The highest BCUT2D eigenvalue weighted by Gasteiger charge is 2.32. The van der Waals surface area contributed by atoms with E-state index < -0.39 is 5.97 Å². The SMILES string of the molecule is CCN(CC)c1ccc(C2N(C)c3ccc(C(=O)O)cc3N2C)cc1. The smallest absolute Gasteiger partial charge is 0.335 e. The number of carbonyl (C=O) groups is 1. The van der Waals surface area contributed by atoms with Gasteiger partial charge in [0.05, 0.1) is 16.9 Å². The summed E-state index contributed by atoms with van der Waals surface area (Å²) in [5.41, 5.74) is 4.72. The van der Waals surface area contributed by atoms with Gasteiger partial charge in [0.2, 0.25) is 0 Å². The Morgan fingerprint density at radius 3 is 2.16 bits per heavy atom. The molecule has 25 heavy (non-hydrogen) atoms. The van der Waals surface area contributed by atoms with Crippen molar-refractivity contribution < 1.29 is 9.90 Å². The number of nitrogens with zero attached hydrogens (tertiary/aromatic N) is 3. The predicted octanol–water partition coefficient (Wildman–Crippen LogP) is 3.82. The van der Waals surface area contributed by atoms with Crippen molar-refractivity contribution >= 4 is 23.0 Å². The van der Waals surface area contributed by atoms with Gasteiger partial charge in [0, 0.05) is 32.9 Å². The topological polar surface area (TPSA) is 47.0 Å². The quantitative estimate of drug-likeness (QED) is 0.897. The van der Waals surface area contributed by atoms with Gasteiger partial charge in [0.25, 0.3) is 0 Å². The zero-order valence-corrected chi connectivity index (χ0v) is 15.2. The van der Waals surface area contributed by atoms with Crippen molar-refractivity contribution in [1.29, 1.82) is 0 Å². The summed E-state index contributed by atoms with van der Waals surface area (Å²) < 4.78 is 0. The number of fused-ring (bicyclic) bond motifs is 1. The second-order valence-electron chi connectivity index (χ2n) is 6.37. The number of hydrogen-bond acceptors (Lipinski definition) is 4. The van der Waals surface area contributed by atoms with Crippen molar-refractivity contribution in [2.45, 2.75) is 20.0 Å². The zero-order chi connectivity index (χ0) is 18.1. The number of rotatable bonds is 5. The Morgan fingerprint density at radius 2 is 1.60 bits per heavy atom. The van der Waals surface area contributed by atoms with Gasteiger partial charge in [0.15, 0.2) is 0 Å². The molecule has 132 valence electrons. The summed E-state index contributed by atoms with van der Waals surface area (Å²) in [5, 5.41) is 9.24. The average molecular weight is 339 g/mol. The molecule has 2 aromatic carbocycles. The first-order valence-corrected chi connectivity index (χ1v) is 8.65. The maximum Gasteiger partial charge on any atom is 0.335 e. The highest BCUT2D eigenvalue weighted by atomic mass is 16.4. The molecule has 0 radical (unpaired) electrons. The van der Waals surface area contributed by atoms with Gasteiger partial charge in [-0.1, -0.05) is 12.1 Å². The van der Waals surface area contributed by atoms with Gasteiger partial charge in [0.1, 0.15) is 6.17 Å². The summed E-state index contributed by atoms with van der Waals surface area (Å²) in [5.74, 6) is -0.897. The number of hydrogen-bond donors (Lipinski definition) is 1. The highest BCUT2D eigenvalue weighted by Crippen LogP contribution is 2.44. The standard InChI is InChI=1S/C20H25N3O2/c1-5-23(6-2)16-10-7-14(8-11-16)19-21(3)17-12-9-15(20(24)25)13-18(17)22(19)4/h7-13,19H,5-6H2,1-4H3,(H,24,25). The van der Waals surface area contributed by atoms with Crippen molar-refractivity contribution in [2.75, 3.05) is 41.9 Å². The molecule has 0 aliphatic carbocycles. The molecule has 5 nitrogen and oxygen atoms in total. The molecule has 0 fully saturated rings. The molecular weight excluding hydrogens is 314 g/mol. The molecular formula is C20H25N3O2. The summed E-state index contributed by atoms with van der Waals surface area (Å²) in [7, 11) is 4.06. The number of anilines is 3. The van der Waals surface area contributed by atoms with Crippen LogP contribution in [-0.4, -0.2) is 38.3 Å². The lowest BCUT2D eigenvalue weighted by Gasteiger charge is -2.29. The molecule has 1 N–H and O–H groups in total. The number of carboxylic acids is 1. The molecule has 1 heterocycles. The van der Waals surface area contributed by atoms with E-state index in [9.17, 15) is 9.90 Å². The lowest BCUT2D eigenvalue weighted by Crippen LogP contribution is -2.30. The van der Waals surface area contributed by atoms with Crippen LogP contribution in [0.15, 0.2) is 42.5 Å². The molecule has 0 saturated carbocycles. The molecule has 2 aromatic rings. The van der Waals surface area contributed by atoms with Crippen molar-refractivity contribution in [1.82, 2.24) is 0 Å². The fourth-order valence-corrected chi connectivity index (χ4v) is 3.65. The van der Waals surface area contributed by atoms with Gasteiger partial charge >= 0.3 is 5.97 Å². The van der Waals surface area contributed by atoms with Crippen LogP contribution in [0.3, 0.4) is 0 Å². The van der Waals surface area contributed by atoms with Crippen LogP contribution in [-0.2, 0) is 0 Å². The minimum atomic E-state index is -0.897. The van der Waals surface area contributed by atoms with E-state index in [0.29, 0.717) is 5.56 Å². The Morgan fingerprint density at radius 1 is 1.00 bits per heavy atom. The minimum Gasteiger partial charge on any atom is -0.478 e. The van der Waals surface area contributed by atoms with Gasteiger partial charge in [-0.15, -0.1) is 0 Å². The van der Waals surface area contributed by atoms with Crippen LogP contribution < -0.4 is 14.7 Å². The molecule has 1 aliphatic heterocycles. The molecule has 0 aromatic heterocycles. The first-order valence-electron chi connectivity index (χ1n) is 8.65. The van der Waals surface area contributed by atoms with Crippen molar-refractivity contribution in [3.05, 3.63) is 53.6 Å². The van der Waals surface area contributed by atoms with Crippen LogP contribution >= 0.6 is 0 Å². The summed E-state index contributed by atoms with van der Waals surface area (Å²) in [6.07, 6.45) is 0.0600. The van der Waals surface area contributed by atoms with Crippen molar-refractivity contribution in [3.63, 3.8) is 0 Å². The molecule has 0 bridgehead atoms. The van der Waals surface area contributed by atoms with Crippen molar-refractivity contribution in [3.8, 4) is 0 Å². The molecule has 0 saturated heterocycles. The van der Waals surface area contributed by atoms with E-state index in [2.05, 4.69) is 52.8 Å². The maximum atomic E-state index is 11.3. The second-order valence-corrected chi connectivity index (χ2v) is 6.37. The van der Waals surface area contributed by atoms with Crippen LogP contribution in [0.25, 0.3) is 0 Å². The van der Waals surface area contributed by atoms with Crippen LogP contribution in [0, 0.1) is 0 Å². The third-order valence-electron chi connectivity index (χ3n) is 5.04. The minimum absolute atomic E-state index is 0.0600. The third-order valence-corrected chi connectivity index (χ3v) is 5.04. The average Bonchev–Trinajstić information content (AvgIpc) is 2.87. The van der Waals surface area contributed by atoms with Gasteiger partial charge in [-0.05, 0) is 49.7 Å². The van der Waals surface area contributed by atoms with Gasteiger partial charge in [-0.3, -0.25) is 0 Å². The lowest BCUT2D eigenvalue weighted by molar-refractivity contribution is 0.0697. The van der Waals surface area contributed by atoms with E-state index in [0.717, 1.165) is 24.5 Å². The number of carboxylic acid groups (broad SMARTS) is 1. The Balaban J connectivity index is 1.92. The highest BCUT2D eigenvalue weighted by molar-refractivity contribution is 5.92. The molecule has 1 atom stereocenters. The van der Waals surface area contributed by atoms with Gasteiger partial charge < -0.3 is 19.8 Å². The summed E-state index contributed by atoms with van der Waals surface area (Å²) in [6.45, 7) is 6.30. The summed E-state index contributed by atoms with van der Waals surface area (Å²) in [6, 6.07) is 13.9. The van der Waals surface area contributed by atoms with Crippen LogP contribution in [0.1, 0.15) is 35.9 Å². The zero-order valence-electron chi connectivity index (χ0n) is 15.2. The second kappa shape index (κ2) is 6.67. The van der Waals surface area contributed by atoms with E-state index in [1.54, 1.807) is 12.1 Å². The van der Waals surface area contributed by atoms with Gasteiger partial charge in [-0.2, -0.15) is 0 Å². The monoisotopic (exact) mass is 339 g/mol. The number of benzene rings is 2. The fraction of sp³-hybridized carbons (Fsp3) is 0.350. The molecule has 3 rings (SSSR count). The van der Waals surface area contributed by atoms with Crippen molar-refractivity contribution in [2.24, 2.45) is 0 Å². The van der Waals surface area contributed by atoms with E-state index >= 15 is 0 Å². The first-order chi connectivity index (χ1) is 12.0. The van der Waals surface area contributed by atoms with E-state index in [1.165, 1.54) is 11.3 Å². The third kappa shape index (κ3) is 2.90. The Labute approximate surface area is 149 Å². The van der Waals surface area contributed by atoms with Crippen LogP contribution in [0.2, 0.25) is 0 Å². The Hall–Kier alpha value is -2.69. The molecule has 5 heteroatoms. The molecule has 1 unspecified atom stereocenters. The molecule has 0 spiro atoms. The van der Waals surface area contributed by atoms with Crippen LogP contribution in [0.4, 0.5) is 17.1 Å². The van der Waals surface area contributed by atoms with Gasteiger partial charge in [-0.25, -0.2) is 4.79 Å². The van der Waals surface area contributed by atoms with E-state index in [1.807, 2.05) is 20.2 Å². The first kappa shape index (κ1) is 17.1. The van der Waals surface area contributed by atoms with E-state index in [-0.39, 0.29) is 6.17 Å². The molecule has 0 amide bonds. The largest absolute Gasteiger partial charge is 0.478 e. The normalized spacial score (nSPS) is 16.1. The lowest BCUT2D eigenvalue weighted by atomic mass is 10.1. The maximum absolute atomic E-state index is 11.3. The predicted molar refractivity (Wildman–Crippen MR) is 103 cm³/mol.